The maximum atomic E-state index is 13.8. The number of carbonyl (C=O) groups is 1. The molecule has 158 valence electrons. The van der Waals surface area contributed by atoms with Gasteiger partial charge in [-0.25, -0.2) is 4.39 Å². The van der Waals surface area contributed by atoms with Crippen molar-refractivity contribution in [1.29, 1.82) is 0 Å². The quantitative estimate of drug-likeness (QED) is 0.434. The molecular weight excluding hydrogens is 450 g/mol. The second-order valence-electron chi connectivity index (χ2n) is 6.24. The Kier molecular flexibility index (Phi) is 7.58. The Morgan fingerprint density at radius 2 is 2.03 bits per heavy atom. The van der Waals surface area contributed by atoms with Crippen LogP contribution in [0.3, 0.4) is 0 Å². The minimum Gasteiger partial charge on any atom is -0.481 e. The largest absolute Gasteiger partial charge is 0.481 e. The fourth-order valence-corrected chi connectivity index (χ4v) is 3.84. The van der Waals surface area contributed by atoms with Crippen LogP contribution >= 0.6 is 35.0 Å². The van der Waals surface area contributed by atoms with Gasteiger partial charge in [0, 0.05) is 11.6 Å². The second-order valence-corrected chi connectivity index (χ2v) is 8.02. The number of hydrogen-bond donors (Lipinski definition) is 1. The van der Waals surface area contributed by atoms with E-state index < -0.39 is 11.9 Å². The SMILES string of the molecule is CCn1c(SCC(=O)Nc2ccc(Cl)cc2F)nnc1C(C)Oc1ccccc1Cl. The molecule has 0 aliphatic carbocycles. The summed E-state index contributed by atoms with van der Waals surface area (Å²) in [5, 5.41) is 12.2. The van der Waals surface area contributed by atoms with E-state index in [1.165, 1.54) is 23.9 Å². The lowest BCUT2D eigenvalue weighted by Gasteiger charge is -2.16. The molecule has 0 spiro atoms. The minimum atomic E-state index is -0.592. The highest BCUT2D eigenvalue weighted by atomic mass is 35.5. The Morgan fingerprint density at radius 3 is 2.73 bits per heavy atom. The summed E-state index contributed by atoms with van der Waals surface area (Å²) >= 11 is 13.1. The number of nitrogens with zero attached hydrogens (tertiary/aromatic N) is 3. The Labute approximate surface area is 187 Å². The summed E-state index contributed by atoms with van der Waals surface area (Å²) in [5.74, 6) is 0.249. The van der Waals surface area contributed by atoms with Crippen molar-refractivity contribution in [3.63, 3.8) is 0 Å². The lowest BCUT2D eigenvalue weighted by molar-refractivity contribution is -0.113. The van der Waals surface area contributed by atoms with Gasteiger partial charge in [-0.3, -0.25) is 4.79 Å². The van der Waals surface area contributed by atoms with Crippen molar-refractivity contribution in [2.75, 3.05) is 11.1 Å². The third-order valence-electron chi connectivity index (χ3n) is 4.10. The number of aromatic nitrogens is 3. The maximum Gasteiger partial charge on any atom is 0.234 e. The Morgan fingerprint density at radius 1 is 1.27 bits per heavy atom. The van der Waals surface area contributed by atoms with Gasteiger partial charge < -0.3 is 14.6 Å². The highest BCUT2D eigenvalue weighted by Crippen LogP contribution is 2.29. The minimum absolute atomic E-state index is 0.0416. The molecule has 6 nitrogen and oxygen atoms in total. The van der Waals surface area contributed by atoms with Crippen LogP contribution in [0.15, 0.2) is 47.6 Å². The summed E-state index contributed by atoms with van der Waals surface area (Å²) < 4.78 is 21.6. The van der Waals surface area contributed by atoms with Gasteiger partial charge in [-0.05, 0) is 44.2 Å². The molecule has 1 heterocycles. The van der Waals surface area contributed by atoms with Crippen molar-refractivity contribution in [2.24, 2.45) is 0 Å². The predicted molar refractivity (Wildman–Crippen MR) is 117 cm³/mol. The van der Waals surface area contributed by atoms with Gasteiger partial charge in [-0.15, -0.1) is 10.2 Å². The summed E-state index contributed by atoms with van der Waals surface area (Å²) in [6, 6.07) is 11.3. The van der Waals surface area contributed by atoms with Crippen LogP contribution in [0.5, 0.6) is 5.75 Å². The van der Waals surface area contributed by atoms with Crippen LogP contribution in [0.4, 0.5) is 10.1 Å². The first-order chi connectivity index (χ1) is 14.4. The molecule has 0 aliphatic heterocycles. The van der Waals surface area contributed by atoms with Gasteiger partial charge in [-0.2, -0.15) is 0 Å². The molecular formula is C20H19Cl2FN4O2S. The van der Waals surface area contributed by atoms with E-state index in [-0.39, 0.29) is 22.4 Å². The van der Waals surface area contributed by atoms with Crippen molar-refractivity contribution in [3.8, 4) is 5.75 Å². The molecule has 0 saturated heterocycles. The topological polar surface area (TPSA) is 69.0 Å². The molecule has 0 bridgehead atoms. The monoisotopic (exact) mass is 468 g/mol. The van der Waals surface area contributed by atoms with Crippen molar-refractivity contribution in [1.82, 2.24) is 14.8 Å². The van der Waals surface area contributed by atoms with Crippen molar-refractivity contribution < 1.29 is 13.9 Å². The Hall–Kier alpha value is -2.29. The molecule has 1 atom stereocenters. The van der Waals surface area contributed by atoms with E-state index in [0.29, 0.717) is 28.3 Å². The van der Waals surface area contributed by atoms with E-state index >= 15 is 0 Å². The van der Waals surface area contributed by atoms with Crippen LogP contribution in [0, 0.1) is 5.82 Å². The number of hydrogen-bond acceptors (Lipinski definition) is 5. The number of thioether (sulfide) groups is 1. The number of para-hydroxylation sites is 1. The summed E-state index contributed by atoms with van der Waals surface area (Å²) in [7, 11) is 0. The van der Waals surface area contributed by atoms with E-state index in [0.717, 1.165) is 6.07 Å². The highest BCUT2D eigenvalue weighted by molar-refractivity contribution is 7.99. The van der Waals surface area contributed by atoms with Crippen LogP contribution in [0.2, 0.25) is 10.0 Å². The van der Waals surface area contributed by atoms with Crippen molar-refractivity contribution in [2.45, 2.75) is 31.7 Å². The van der Waals surface area contributed by atoms with E-state index in [9.17, 15) is 9.18 Å². The van der Waals surface area contributed by atoms with Gasteiger partial charge in [0.25, 0.3) is 0 Å². The molecule has 10 heteroatoms. The number of ether oxygens (including phenoxy) is 1. The average molecular weight is 469 g/mol. The summed E-state index contributed by atoms with van der Waals surface area (Å²) in [5.41, 5.74) is 0.0735. The van der Waals surface area contributed by atoms with Crippen molar-refractivity contribution in [3.05, 3.63) is 64.2 Å². The molecule has 0 aliphatic rings. The van der Waals surface area contributed by atoms with Gasteiger partial charge in [0.2, 0.25) is 5.91 Å². The van der Waals surface area contributed by atoms with Gasteiger partial charge in [-0.1, -0.05) is 47.1 Å². The number of anilines is 1. The molecule has 3 aromatic rings. The van der Waals surface area contributed by atoms with E-state index in [4.69, 9.17) is 27.9 Å². The van der Waals surface area contributed by atoms with Gasteiger partial charge in [0.15, 0.2) is 17.1 Å². The van der Waals surface area contributed by atoms with Crippen LogP contribution in [-0.4, -0.2) is 26.4 Å². The van der Waals surface area contributed by atoms with Gasteiger partial charge >= 0.3 is 0 Å². The number of carbonyl (C=O) groups excluding carboxylic acids is 1. The smallest absolute Gasteiger partial charge is 0.234 e. The van der Waals surface area contributed by atoms with Crippen LogP contribution in [-0.2, 0) is 11.3 Å². The van der Waals surface area contributed by atoms with Crippen LogP contribution in [0.25, 0.3) is 0 Å². The third kappa shape index (κ3) is 5.44. The number of halogens is 3. The zero-order valence-electron chi connectivity index (χ0n) is 16.2. The molecule has 3 rings (SSSR count). The zero-order valence-corrected chi connectivity index (χ0v) is 18.6. The Balaban J connectivity index is 1.65. The Bertz CT molecular complexity index is 1050. The van der Waals surface area contributed by atoms with E-state index in [1.54, 1.807) is 12.1 Å². The molecule has 0 saturated carbocycles. The fraction of sp³-hybridized carbons (Fsp3) is 0.250. The van der Waals surface area contributed by atoms with E-state index in [1.807, 2.05) is 30.5 Å². The molecule has 2 aromatic carbocycles. The molecule has 30 heavy (non-hydrogen) atoms. The number of rotatable bonds is 8. The summed E-state index contributed by atoms with van der Waals surface area (Å²) in [6.45, 7) is 4.39. The van der Waals surface area contributed by atoms with Gasteiger partial charge in [0.1, 0.15) is 11.6 Å². The normalized spacial score (nSPS) is 11.9. The first kappa shape index (κ1) is 22.4. The lowest BCUT2D eigenvalue weighted by Crippen LogP contribution is -2.16. The standard InChI is InChI=1S/C20H19Cl2FN4O2S/c1-3-27-19(12(2)29-17-7-5-4-6-14(17)22)25-26-20(27)30-11-18(28)24-16-9-8-13(21)10-15(16)23/h4-10,12H,3,11H2,1-2H3,(H,24,28). The molecule has 1 unspecified atom stereocenters. The van der Waals surface area contributed by atoms with Gasteiger partial charge in [0.05, 0.1) is 16.5 Å². The first-order valence-electron chi connectivity index (χ1n) is 9.11. The van der Waals surface area contributed by atoms with Crippen LogP contribution in [0.1, 0.15) is 25.8 Å². The average Bonchev–Trinajstić information content (AvgIpc) is 3.13. The highest BCUT2D eigenvalue weighted by Gasteiger charge is 2.20. The summed E-state index contributed by atoms with van der Waals surface area (Å²) in [4.78, 5) is 12.2. The molecule has 1 amide bonds. The van der Waals surface area contributed by atoms with Crippen molar-refractivity contribution >= 4 is 46.6 Å². The molecule has 0 radical (unpaired) electrons. The number of benzene rings is 2. The molecule has 0 fully saturated rings. The fourth-order valence-electron chi connectivity index (χ4n) is 2.70. The number of nitrogens with one attached hydrogen (secondary N) is 1. The number of amides is 1. The molecule has 1 N–H and O–H groups in total. The summed E-state index contributed by atoms with van der Waals surface area (Å²) in [6.07, 6.45) is -0.399. The zero-order chi connectivity index (χ0) is 21.7. The maximum absolute atomic E-state index is 13.8. The second kappa shape index (κ2) is 10.1. The lowest BCUT2D eigenvalue weighted by atomic mass is 10.3. The van der Waals surface area contributed by atoms with E-state index in [2.05, 4.69) is 15.5 Å². The third-order valence-corrected chi connectivity index (χ3v) is 5.62. The van der Waals surface area contributed by atoms with Crippen LogP contribution < -0.4 is 10.1 Å². The predicted octanol–water partition coefficient (Wildman–Crippen LogP) is 5.61. The first-order valence-corrected chi connectivity index (χ1v) is 10.8. The molecule has 1 aromatic heterocycles.